The van der Waals surface area contributed by atoms with Gasteiger partial charge in [-0.05, 0) is 59.0 Å². The molecule has 3 rings (SSSR count). The number of nitrogens with zero attached hydrogens (tertiary/aromatic N) is 2. The van der Waals surface area contributed by atoms with Gasteiger partial charge in [0.15, 0.2) is 0 Å². The summed E-state index contributed by atoms with van der Waals surface area (Å²) in [5.41, 5.74) is 1.17. The van der Waals surface area contributed by atoms with Gasteiger partial charge in [0.05, 0.1) is 19.8 Å². The van der Waals surface area contributed by atoms with Crippen molar-refractivity contribution in [1.29, 1.82) is 0 Å². The Balaban J connectivity index is 1.66. The van der Waals surface area contributed by atoms with Crippen LogP contribution in [0.3, 0.4) is 0 Å². The minimum absolute atomic E-state index is 0.000488. The number of carbonyl (C=O) groups excluding carboxylic acids is 2. The summed E-state index contributed by atoms with van der Waals surface area (Å²) in [6, 6.07) is 12.7. The first-order valence-corrected chi connectivity index (χ1v) is 9.67. The first kappa shape index (κ1) is 19.5. The zero-order chi connectivity index (χ0) is 19.4. The van der Waals surface area contributed by atoms with Crippen LogP contribution in [-0.4, -0.2) is 62.0 Å². The third kappa shape index (κ3) is 4.35. The monoisotopic (exact) mass is 480 g/mol. The summed E-state index contributed by atoms with van der Waals surface area (Å²) in [4.78, 5) is 29.0. The number of carbonyl (C=O) groups is 2. The summed E-state index contributed by atoms with van der Waals surface area (Å²) in [5.74, 6) is 1.02. The lowest BCUT2D eigenvalue weighted by molar-refractivity contribution is 0.0533. The van der Waals surface area contributed by atoms with Crippen molar-refractivity contribution in [3.8, 4) is 11.5 Å². The van der Waals surface area contributed by atoms with Crippen LogP contribution in [0, 0.1) is 3.57 Å². The van der Waals surface area contributed by atoms with Crippen molar-refractivity contribution in [2.45, 2.75) is 0 Å². The van der Waals surface area contributed by atoms with Gasteiger partial charge in [0, 0.05) is 41.4 Å². The van der Waals surface area contributed by atoms with E-state index in [1.54, 1.807) is 35.1 Å². The molecule has 0 saturated carbocycles. The Kier molecular flexibility index (Phi) is 6.20. The van der Waals surface area contributed by atoms with E-state index < -0.39 is 0 Å². The lowest BCUT2D eigenvalue weighted by Gasteiger charge is -2.35. The predicted octanol–water partition coefficient (Wildman–Crippen LogP) is 2.91. The Morgan fingerprint density at radius 1 is 0.852 bits per heavy atom. The lowest BCUT2D eigenvalue weighted by Crippen LogP contribution is -2.50. The summed E-state index contributed by atoms with van der Waals surface area (Å²) in [5, 5.41) is 0. The van der Waals surface area contributed by atoms with Crippen molar-refractivity contribution in [2.75, 3.05) is 40.4 Å². The molecule has 0 unspecified atom stereocenters. The van der Waals surface area contributed by atoms with Gasteiger partial charge < -0.3 is 19.3 Å². The number of ether oxygens (including phenoxy) is 2. The van der Waals surface area contributed by atoms with Crippen LogP contribution in [0.1, 0.15) is 20.7 Å². The number of piperazine rings is 1. The van der Waals surface area contributed by atoms with Crippen molar-refractivity contribution >= 4 is 34.4 Å². The topological polar surface area (TPSA) is 59.1 Å². The van der Waals surface area contributed by atoms with Crippen LogP contribution in [0.2, 0.25) is 0 Å². The molecular weight excluding hydrogens is 459 g/mol. The van der Waals surface area contributed by atoms with Gasteiger partial charge in [-0.2, -0.15) is 0 Å². The molecule has 1 heterocycles. The second kappa shape index (κ2) is 8.60. The summed E-state index contributed by atoms with van der Waals surface area (Å²) < 4.78 is 11.6. The van der Waals surface area contributed by atoms with Gasteiger partial charge in [0.1, 0.15) is 11.5 Å². The van der Waals surface area contributed by atoms with Crippen LogP contribution in [-0.2, 0) is 0 Å². The third-order valence-corrected chi connectivity index (χ3v) is 5.30. The minimum atomic E-state index is -0.101. The molecule has 1 aliphatic heterocycles. The molecule has 6 nitrogen and oxygen atoms in total. The fourth-order valence-corrected chi connectivity index (χ4v) is 3.39. The van der Waals surface area contributed by atoms with E-state index in [1.807, 2.05) is 24.3 Å². The first-order chi connectivity index (χ1) is 13.0. The Bertz CT molecular complexity index is 830. The molecule has 0 aromatic heterocycles. The van der Waals surface area contributed by atoms with Gasteiger partial charge in [-0.25, -0.2) is 0 Å². The van der Waals surface area contributed by atoms with Crippen molar-refractivity contribution in [1.82, 2.24) is 9.80 Å². The second-order valence-corrected chi connectivity index (χ2v) is 7.40. The molecule has 0 N–H and O–H groups in total. The zero-order valence-corrected chi connectivity index (χ0v) is 17.4. The van der Waals surface area contributed by atoms with E-state index >= 15 is 0 Å². The molecule has 27 heavy (non-hydrogen) atoms. The van der Waals surface area contributed by atoms with Crippen molar-refractivity contribution < 1.29 is 19.1 Å². The number of amides is 2. The number of halogens is 1. The zero-order valence-electron chi connectivity index (χ0n) is 15.3. The quantitative estimate of drug-likeness (QED) is 0.632. The number of benzene rings is 2. The molecule has 0 aliphatic carbocycles. The molecule has 1 fully saturated rings. The Hall–Kier alpha value is -2.29. The largest absolute Gasteiger partial charge is 0.497 e. The third-order valence-electron chi connectivity index (χ3n) is 4.58. The van der Waals surface area contributed by atoms with E-state index in [9.17, 15) is 9.59 Å². The molecule has 142 valence electrons. The van der Waals surface area contributed by atoms with Gasteiger partial charge in [-0.1, -0.05) is 0 Å². The molecule has 2 aromatic carbocycles. The van der Waals surface area contributed by atoms with Crippen LogP contribution < -0.4 is 9.47 Å². The number of hydrogen-bond acceptors (Lipinski definition) is 4. The fraction of sp³-hybridized carbons (Fsp3) is 0.300. The highest BCUT2D eigenvalue weighted by atomic mass is 127. The van der Waals surface area contributed by atoms with E-state index in [4.69, 9.17) is 9.47 Å². The van der Waals surface area contributed by atoms with E-state index in [2.05, 4.69) is 22.6 Å². The summed E-state index contributed by atoms with van der Waals surface area (Å²) >= 11 is 2.21. The van der Waals surface area contributed by atoms with Crippen LogP contribution >= 0.6 is 22.6 Å². The molecule has 2 aromatic rings. The van der Waals surface area contributed by atoms with Gasteiger partial charge in [-0.15, -0.1) is 0 Å². The average Bonchev–Trinajstić information content (AvgIpc) is 2.73. The normalized spacial score (nSPS) is 14.0. The van der Waals surface area contributed by atoms with Crippen molar-refractivity contribution in [3.05, 3.63) is 57.2 Å². The lowest BCUT2D eigenvalue weighted by atomic mass is 10.1. The maximum absolute atomic E-state index is 12.9. The molecule has 1 aliphatic rings. The molecule has 0 radical (unpaired) electrons. The van der Waals surface area contributed by atoms with Gasteiger partial charge in [-0.3, -0.25) is 9.59 Å². The van der Waals surface area contributed by atoms with E-state index in [0.29, 0.717) is 48.8 Å². The highest BCUT2D eigenvalue weighted by molar-refractivity contribution is 14.1. The van der Waals surface area contributed by atoms with Gasteiger partial charge in [0.2, 0.25) is 0 Å². The number of hydrogen-bond donors (Lipinski definition) is 0. The van der Waals surface area contributed by atoms with Crippen molar-refractivity contribution in [2.24, 2.45) is 0 Å². The highest BCUT2D eigenvalue weighted by Gasteiger charge is 2.27. The Labute approximate surface area is 172 Å². The molecular formula is C20H21IN2O4. The first-order valence-electron chi connectivity index (χ1n) is 8.59. The molecule has 0 spiro atoms. The number of methoxy groups -OCH3 is 2. The minimum Gasteiger partial charge on any atom is -0.497 e. The van der Waals surface area contributed by atoms with Gasteiger partial charge in [0.25, 0.3) is 11.8 Å². The standard InChI is InChI=1S/C20H21IN2O4/c1-26-16-7-8-17(18(13-16)27-2)20(25)23-11-9-22(10-12-23)19(24)14-3-5-15(21)6-4-14/h3-8,13H,9-12H2,1-2H3. The Morgan fingerprint density at radius 2 is 1.44 bits per heavy atom. The van der Waals surface area contributed by atoms with Crippen LogP contribution in [0.5, 0.6) is 11.5 Å². The summed E-state index contributed by atoms with van der Waals surface area (Å²) in [7, 11) is 3.10. The Morgan fingerprint density at radius 3 is 2.00 bits per heavy atom. The SMILES string of the molecule is COc1ccc(C(=O)N2CCN(C(=O)c3ccc(I)cc3)CC2)c(OC)c1. The van der Waals surface area contributed by atoms with E-state index in [0.717, 1.165) is 3.57 Å². The maximum Gasteiger partial charge on any atom is 0.257 e. The number of rotatable bonds is 4. The fourth-order valence-electron chi connectivity index (χ4n) is 3.03. The van der Waals surface area contributed by atoms with E-state index in [-0.39, 0.29) is 11.8 Å². The van der Waals surface area contributed by atoms with Crippen molar-refractivity contribution in [3.63, 3.8) is 0 Å². The second-order valence-electron chi connectivity index (χ2n) is 6.16. The predicted molar refractivity (Wildman–Crippen MR) is 111 cm³/mol. The molecule has 1 saturated heterocycles. The highest BCUT2D eigenvalue weighted by Crippen LogP contribution is 2.26. The smallest absolute Gasteiger partial charge is 0.257 e. The summed E-state index contributed by atoms with van der Waals surface area (Å²) in [6.07, 6.45) is 0. The summed E-state index contributed by atoms with van der Waals surface area (Å²) in [6.45, 7) is 2.00. The molecule has 0 atom stereocenters. The maximum atomic E-state index is 12.9. The average molecular weight is 480 g/mol. The molecule has 7 heteroatoms. The van der Waals surface area contributed by atoms with Gasteiger partial charge >= 0.3 is 0 Å². The molecule has 0 bridgehead atoms. The van der Waals surface area contributed by atoms with Crippen LogP contribution in [0.25, 0.3) is 0 Å². The van der Waals surface area contributed by atoms with E-state index in [1.165, 1.54) is 7.11 Å². The molecule has 2 amide bonds. The van der Waals surface area contributed by atoms with Crippen LogP contribution in [0.15, 0.2) is 42.5 Å². The van der Waals surface area contributed by atoms with Crippen LogP contribution in [0.4, 0.5) is 0 Å².